The Labute approximate surface area is 158 Å². The van der Waals surface area contributed by atoms with E-state index in [1.165, 1.54) is 0 Å². The van der Waals surface area contributed by atoms with Gasteiger partial charge in [-0.15, -0.1) is 0 Å². The topological polar surface area (TPSA) is 93.1 Å². The summed E-state index contributed by atoms with van der Waals surface area (Å²) in [7, 11) is 0. The summed E-state index contributed by atoms with van der Waals surface area (Å²) in [5.41, 5.74) is 0. The Bertz CT molecular complexity index is 348. The molecule has 0 saturated heterocycles. The summed E-state index contributed by atoms with van der Waals surface area (Å²) in [6, 6.07) is 0. The van der Waals surface area contributed by atoms with Crippen molar-refractivity contribution >= 4 is 11.9 Å². The second-order valence-electron chi connectivity index (χ2n) is 6.98. The van der Waals surface area contributed by atoms with Gasteiger partial charge in [-0.3, -0.25) is 0 Å². The second kappa shape index (κ2) is 15.0. The fraction of sp³-hybridized carbons (Fsp3) is 0.900. The molecule has 0 saturated carbocycles. The Morgan fingerprint density at radius 3 is 1.35 bits per heavy atom. The zero-order chi connectivity index (χ0) is 19.9. The highest BCUT2D eigenvalue weighted by atomic mass is 16.6. The molecule has 2 N–H and O–H groups in total. The zero-order valence-corrected chi connectivity index (χ0v) is 16.9. The second-order valence-corrected chi connectivity index (χ2v) is 6.98. The number of aliphatic hydroxyl groups is 2. The van der Waals surface area contributed by atoms with E-state index in [0.29, 0.717) is 0 Å². The maximum Gasteiger partial charge on any atom is 0.338 e. The van der Waals surface area contributed by atoms with Crippen molar-refractivity contribution in [2.75, 3.05) is 13.2 Å². The lowest BCUT2D eigenvalue weighted by atomic mass is 10.0. The van der Waals surface area contributed by atoms with Crippen LogP contribution >= 0.6 is 0 Å². The minimum atomic E-state index is -1.91. The number of carbonyl (C=O) groups excluding carboxylic acids is 2. The predicted molar refractivity (Wildman–Crippen MR) is 101 cm³/mol. The van der Waals surface area contributed by atoms with Crippen LogP contribution in [0.2, 0.25) is 0 Å². The molecule has 4 atom stereocenters. The summed E-state index contributed by atoms with van der Waals surface area (Å²) in [4.78, 5) is 23.8. The third-order valence-corrected chi connectivity index (χ3v) is 4.79. The number of hydrogen-bond acceptors (Lipinski definition) is 6. The SMILES string of the molecule is CCCCC(CC)COC(=O)C(O)C(O)C(=O)OCC(CC)CCCC. The first-order valence-corrected chi connectivity index (χ1v) is 10.1. The van der Waals surface area contributed by atoms with E-state index in [0.717, 1.165) is 51.4 Å². The molecule has 0 rings (SSSR count). The van der Waals surface area contributed by atoms with Crippen LogP contribution in [-0.2, 0) is 19.1 Å². The highest BCUT2D eigenvalue weighted by Gasteiger charge is 2.33. The first-order chi connectivity index (χ1) is 12.4. The molecule has 0 aliphatic heterocycles. The van der Waals surface area contributed by atoms with Crippen LogP contribution in [0.3, 0.4) is 0 Å². The predicted octanol–water partition coefficient (Wildman–Crippen LogP) is 3.23. The van der Waals surface area contributed by atoms with Gasteiger partial charge in [-0.1, -0.05) is 66.2 Å². The van der Waals surface area contributed by atoms with Crippen LogP contribution in [0.25, 0.3) is 0 Å². The summed E-state index contributed by atoms with van der Waals surface area (Å²) < 4.78 is 10.1. The largest absolute Gasteiger partial charge is 0.463 e. The molecule has 0 aromatic carbocycles. The van der Waals surface area contributed by atoms with Gasteiger partial charge < -0.3 is 19.7 Å². The number of carbonyl (C=O) groups is 2. The van der Waals surface area contributed by atoms with Gasteiger partial charge in [0.05, 0.1) is 13.2 Å². The van der Waals surface area contributed by atoms with E-state index in [1.807, 2.05) is 13.8 Å². The van der Waals surface area contributed by atoms with Gasteiger partial charge in [0.2, 0.25) is 0 Å². The molecule has 0 aromatic rings. The molecular formula is C20H38O6. The van der Waals surface area contributed by atoms with Gasteiger partial charge >= 0.3 is 11.9 Å². The van der Waals surface area contributed by atoms with E-state index >= 15 is 0 Å². The van der Waals surface area contributed by atoms with Gasteiger partial charge in [0.1, 0.15) is 0 Å². The quantitative estimate of drug-likeness (QED) is 0.428. The zero-order valence-electron chi connectivity index (χ0n) is 16.9. The van der Waals surface area contributed by atoms with Crippen molar-refractivity contribution in [2.45, 2.75) is 91.3 Å². The van der Waals surface area contributed by atoms with Crippen LogP contribution in [0.1, 0.15) is 79.1 Å². The Balaban J connectivity index is 4.33. The molecule has 6 nitrogen and oxygen atoms in total. The summed E-state index contributed by atoms with van der Waals surface area (Å²) in [6.07, 6.45) is 4.00. The molecule has 0 heterocycles. The molecule has 26 heavy (non-hydrogen) atoms. The molecule has 0 amide bonds. The Hall–Kier alpha value is -1.14. The van der Waals surface area contributed by atoms with Crippen LogP contribution in [-0.4, -0.2) is 47.6 Å². The maximum atomic E-state index is 11.9. The average Bonchev–Trinajstić information content (AvgIpc) is 2.66. The van der Waals surface area contributed by atoms with Crippen LogP contribution in [0.5, 0.6) is 0 Å². The summed E-state index contributed by atoms with van der Waals surface area (Å²) >= 11 is 0. The van der Waals surface area contributed by atoms with Crippen LogP contribution < -0.4 is 0 Å². The number of hydrogen-bond donors (Lipinski definition) is 2. The number of ether oxygens (including phenoxy) is 2. The van der Waals surface area contributed by atoms with E-state index in [1.54, 1.807) is 0 Å². The molecule has 6 heteroatoms. The number of rotatable bonds is 15. The van der Waals surface area contributed by atoms with E-state index in [9.17, 15) is 19.8 Å². The minimum Gasteiger partial charge on any atom is -0.463 e. The standard InChI is InChI=1S/C20H38O6/c1-5-9-11-15(7-3)13-25-19(23)17(21)18(22)20(24)26-14-16(8-4)12-10-6-2/h15-18,21-22H,5-14H2,1-4H3. The van der Waals surface area contributed by atoms with Gasteiger partial charge in [-0.25, -0.2) is 9.59 Å². The van der Waals surface area contributed by atoms with Crippen molar-refractivity contribution in [3.05, 3.63) is 0 Å². The van der Waals surface area contributed by atoms with Crippen molar-refractivity contribution in [1.82, 2.24) is 0 Å². The number of esters is 2. The minimum absolute atomic E-state index is 0.184. The summed E-state index contributed by atoms with van der Waals surface area (Å²) in [5.74, 6) is -1.53. The fourth-order valence-corrected chi connectivity index (χ4v) is 2.62. The van der Waals surface area contributed by atoms with E-state index in [2.05, 4.69) is 13.8 Å². The van der Waals surface area contributed by atoms with Crippen molar-refractivity contribution < 1.29 is 29.3 Å². The molecule has 154 valence electrons. The molecule has 0 spiro atoms. The first-order valence-electron chi connectivity index (χ1n) is 10.1. The summed E-state index contributed by atoms with van der Waals surface area (Å²) in [5, 5.41) is 19.7. The van der Waals surface area contributed by atoms with Crippen molar-refractivity contribution in [2.24, 2.45) is 11.8 Å². The van der Waals surface area contributed by atoms with Crippen molar-refractivity contribution in [3.8, 4) is 0 Å². The van der Waals surface area contributed by atoms with Gasteiger partial charge in [0, 0.05) is 0 Å². The van der Waals surface area contributed by atoms with Gasteiger partial charge in [-0.05, 0) is 24.7 Å². The number of aliphatic hydroxyl groups excluding tert-OH is 2. The lowest BCUT2D eigenvalue weighted by Gasteiger charge is -2.20. The molecule has 0 aromatic heterocycles. The third kappa shape index (κ3) is 10.1. The van der Waals surface area contributed by atoms with Gasteiger partial charge in [-0.2, -0.15) is 0 Å². The first kappa shape index (κ1) is 24.9. The third-order valence-electron chi connectivity index (χ3n) is 4.79. The highest BCUT2D eigenvalue weighted by Crippen LogP contribution is 2.15. The number of unbranched alkanes of at least 4 members (excludes halogenated alkanes) is 2. The Morgan fingerprint density at radius 2 is 1.08 bits per heavy atom. The smallest absolute Gasteiger partial charge is 0.338 e. The molecule has 0 aliphatic rings. The lowest BCUT2D eigenvalue weighted by Crippen LogP contribution is -2.42. The normalized spacial score (nSPS) is 15.8. The summed E-state index contributed by atoms with van der Waals surface area (Å²) in [6.45, 7) is 8.58. The van der Waals surface area contributed by atoms with Gasteiger partial charge in [0.15, 0.2) is 12.2 Å². The maximum absolute atomic E-state index is 11.9. The Morgan fingerprint density at radius 1 is 0.731 bits per heavy atom. The van der Waals surface area contributed by atoms with Crippen molar-refractivity contribution in [3.63, 3.8) is 0 Å². The lowest BCUT2D eigenvalue weighted by molar-refractivity contribution is -0.174. The molecule has 0 aliphatic carbocycles. The van der Waals surface area contributed by atoms with Crippen LogP contribution in [0.15, 0.2) is 0 Å². The fourth-order valence-electron chi connectivity index (χ4n) is 2.62. The molecule has 4 unspecified atom stereocenters. The Kier molecular flexibility index (Phi) is 14.3. The molecule has 0 fully saturated rings. The van der Waals surface area contributed by atoms with E-state index < -0.39 is 24.1 Å². The van der Waals surface area contributed by atoms with Gasteiger partial charge in [0.25, 0.3) is 0 Å². The molecular weight excluding hydrogens is 336 g/mol. The van der Waals surface area contributed by atoms with E-state index in [4.69, 9.17) is 9.47 Å². The van der Waals surface area contributed by atoms with Crippen LogP contribution in [0.4, 0.5) is 0 Å². The van der Waals surface area contributed by atoms with Crippen molar-refractivity contribution in [1.29, 1.82) is 0 Å². The molecule has 0 bridgehead atoms. The monoisotopic (exact) mass is 374 g/mol. The van der Waals surface area contributed by atoms with Crippen LogP contribution in [0, 0.1) is 11.8 Å². The average molecular weight is 375 g/mol. The van der Waals surface area contributed by atoms with E-state index in [-0.39, 0.29) is 25.0 Å². The molecule has 0 radical (unpaired) electrons. The highest BCUT2D eigenvalue weighted by molar-refractivity contribution is 5.85.